The van der Waals surface area contributed by atoms with E-state index in [4.69, 9.17) is 4.74 Å². The fraction of sp³-hybridized carbons (Fsp3) is 0.300. The first-order valence-corrected chi connectivity index (χ1v) is 9.27. The first-order chi connectivity index (χ1) is 12.7. The van der Waals surface area contributed by atoms with Crippen LogP contribution in [0.25, 0.3) is 6.08 Å². The topological polar surface area (TPSA) is 83.3 Å². The van der Waals surface area contributed by atoms with Crippen molar-refractivity contribution in [2.24, 2.45) is 0 Å². The van der Waals surface area contributed by atoms with E-state index in [-0.39, 0.29) is 17.6 Å². The summed E-state index contributed by atoms with van der Waals surface area (Å²) in [7, 11) is 0. The quantitative estimate of drug-likeness (QED) is 0.437. The minimum Gasteiger partial charge on any atom is -0.459 e. The molecular weight excluding hydrogens is 362 g/mol. The van der Waals surface area contributed by atoms with E-state index in [0.717, 1.165) is 16.8 Å². The van der Waals surface area contributed by atoms with Crippen LogP contribution in [-0.2, 0) is 14.3 Å². The van der Waals surface area contributed by atoms with Crippen molar-refractivity contribution in [1.29, 1.82) is 5.26 Å². The Morgan fingerprint density at radius 3 is 2.56 bits per heavy atom. The molecule has 0 aliphatic rings. The molecule has 0 atom stereocenters. The Bertz CT molecular complexity index is 938. The number of benzene rings is 1. The molecule has 2 rings (SSSR count). The van der Waals surface area contributed by atoms with Crippen LogP contribution in [-0.4, -0.2) is 23.0 Å². The zero-order chi connectivity index (χ0) is 20.1. The van der Waals surface area contributed by atoms with Crippen LogP contribution >= 0.6 is 11.3 Å². The van der Waals surface area contributed by atoms with Gasteiger partial charge in [0.05, 0.1) is 17.5 Å². The molecule has 7 heteroatoms. The molecule has 0 aliphatic heterocycles. The van der Waals surface area contributed by atoms with E-state index in [1.54, 1.807) is 19.2 Å². The highest BCUT2D eigenvalue weighted by molar-refractivity contribution is 7.14. The summed E-state index contributed by atoms with van der Waals surface area (Å²) in [5, 5.41) is 11.4. The third-order valence-corrected chi connectivity index (χ3v) is 4.58. The number of carbonyl (C=O) groups excluding carboxylic acids is 2. The molecule has 2 aromatic rings. The number of amides is 1. The fourth-order valence-corrected chi connectivity index (χ4v) is 3.14. The summed E-state index contributed by atoms with van der Waals surface area (Å²) >= 11 is 1.26. The van der Waals surface area contributed by atoms with Gasteiger partial charge in [0.25, 0.3) is 0 Å². The molecule has 0 saturated carbocycles. The second kappa shape index (κ2) is 8.60. The summed E-state index contributed by atoms with van der Waals surface area (Å²) in [6.45, 7) is 8.87. The average Bonchev–Trinajstić information content (AvgIpc) is 3.03. The molecule has 0 fully saturated rings. The predicted octanol–water partition coefficient (Wildman–Crippen LogP) is 4.30. The first-order valence-electron chi connectivity index (χ1n) is 8.39. The predicted molar refractivity (Wildman–Crippen MR) is 106 cm³/mol. The van der Waals surface area contributed by atoms with Gasteiger partial charge in [-0.05, 0) is 57.0 Å². The molecule has 0 radical (unpaired) electrons. The number of hydrogen-bond donors (Lipinski definition) is 0. The second-order valence-corrected chi connectivity index (χ2v) is 7.14. The molecule has 1 aromatic heterocycles. The lowest BCUT2D eigenvalue weighted by Gasteiger charge is -2.19. The monoisotopic (exact) mass is 383 g/mol. The Labute approximate surface area is 162 Å². The molecule has 0 spiro atoms. The number of rotatable bonds is 5. The van der Waals surface area contributed by atoms with Gasteiger partial charge in [-0.3, -0.25) is 9.69 Å². The number of hydrogen-bond acceptors (Lipinski definition) is 6. The summed E-state index contributed by atoms with van der Waals surface area (Å²) in [5.41, 5.74) is 3.20. The molecule has 0 unspecified atom stereocenters. The normalized spacial score (nSPS) is 11.2. The molecule has 140 valence electrons. The molecule has 1 heterocycles. The van der Waals surface area contributed by atoms with Crippen LogP contribution in [0.4, 0.5) is 10.8 Å². The molecule has 0 bridgehead atoms. The Hall–Kier alpha value is -2.98. The van der Waals surface area contributed by atoms with Crippen molar-refractivity contribution in [3.63, 3.8) is 0 Å². The Kier molecular flexibility index (Phi) is 6.48. The van der Waals surface area contributed by atoms with Crippen LogP contribution in [0.15, 0.2) is 29.2 Å². The molecule has 0 aliphatic carbocycles. The summed E-state index contributed by atoms with van der Waals surface area (Å²) in [5.74, 6) is -0.873. The van der Waals surface area contributed by atoms with Crippen molar-refractivity contribution in [2.75, 3.05) is 4.90 Å². The van der Waals surface area contributed by atoms with Gasteiger partial charge in [0.2, 0.25) is 5.91 Å². The van der Waals surface area contributed by atoms with Crippen LogP contribution in [0, 0.1) is 25.2 Å². The number of anilines is 2. The fourth-order valence-electron chi connectivity index (χ4n) is 2.30. The van der Waals surface area contributed by atoms with Gasteiger partial charge in [0, 0.05) is 12.3 Å². The Morgan fingerprint density at radius 1 is 1.30 bits per heavy atom. The van der Waals surface area contributed by atoms with Gasteiger partial charge in [-0.1, -0.05) is 6.07 Å². The number of thiazole rings is 1. The van der Waals surface area contributed by atoms with Gasteiger partial charge < -0.3 is 4.74 Å². The van der Waals surface area contributed by atoms with E-state index in [9.17, 15) is 14.9 Å². The maximum atomic E-state index is 12.2. The molecule has 1 amide bonds. The standard InChI is InChI=1S/C20H21N3O3S/c1-12(2)26-19(25)16(10-21)9-17-11-27-20(22-17)23(15(5)24)18-7-6-13(3)14(4)8-18/h6-9,11-12H,1-5H3/b16-9+. The van der Waals surface area contributed by atoms with Crippen LogP contribution in [0.1, 0.15) is 37.6 Å². The van der Waals surface area contributed by atoms with Gasteiger partial charge in [0.15, 0.2) is 5.13 Å². The van der Waals surface area contributed by atoms with Crippen molar-refractivity contribution in [1.82, 2.24) is 4.98 Å². The van der Waals surface area contributed by atoms with Crippen molar-refractivity contribution < 1.29 is 14.3 Å². The first kappa shape index (κ1) is 20.3. The van der Waals surface area contributed by atoms with E-state index in [2.05, 4.69) is 4.98 Å². The third-order valence-electron chi connectivity index (χ3n) is 3.74. The number of aryl methyl sites for hydroxylation is 2. The lowest BCUT2D eigenvalue weighted by molar-refractivity contribution is -0.142. The number of carbonyl (C=O) groups is 2. The second-order valence-electron chi connectivity index (χ2n) is 6.30. The van der Waals surface area contributed by atoms with E-state index in [1.165, 1.54) is 29.2 Å². The van der Waals surface area contributed by atoms with Crippen molar-refractivity contribution in [3.8, 4) is 6.07 Å². The van der Waals surface area contributed by atoms with Gasteiger partial charge in [-0.15, -0.1) is 11.3 Å². The van der Waals surface area contributed by atoms with E-state index < -0.39 is 5.97 Å². The number of aromatic nitrogens is 1. The van der Waals surface area contributed by atoms with Crippen molar-refractivity contribution in [2.45, 2.75) is 40.7 Å². The highest BCUT2D eigenvalue weighted by atomic mass is 32.1. The smallest absolute Gasteiger partial charge is 0.349 e. The van der Waals surface area contributed by atoms with Crippen LogP contribution in [0.5, 0.6) is 0 Å². The van der Waals surface area contributed by atoms with Gasteiger partial charge in [0.1, 0.15) is 11.6 Å². The van der Waals surface area contributed by atoms with Crippen LogP contribution in [0.3, 0.4) is 0 Å². The van der Waals surface area contributed by atoms with Crippen molar-refractivity contribution in [3.05, 3.63) is 46.0 Å². The zero-order valence-electron chi connectivity index (χ0n) is 15.9. The summed E-state index contributed by atoms with van der Waals surface area (Å²) < 4.78 is 5.04. The number of esters is 1. The van der Waals surface area contributed by atoms with E-state index >= 15 is 0 Å². The molecule has 0 N–H and O–H groups in total. The minimum atomic E-state index is -0.695. The summed E-state index contributed by atoms with van der Waals surface area (Å²) in [6, 6.07) is 7.57. The van der Waals surface area contributed by atoms with Gasteiger partial charge in [-0.2, -0.15) is 5.26 Å². The summed E-state index contributed by atoms with van der Waals surface area (Å²) in [4.78, 5) is 30.0. The lowest BCUT2D eigenvalue weighted by Crippen LogP contribution is -2.22. The highest BCUT2D eigenvalue weighted by Gasteiger charge is 2.19. The van der Waals surface area contributed by atoms with E-state index in [0.29, 0.717) is 10.8 Å². The largest absolute Gasteiger partial charge is 0.459 e. The molecule has 6 nitrogen and oxygen atoms in total. The number of nitrogens with zero attached hydrogens (tertiary/aromatic N) is 3. The number of nitriles is 1. The van der Waals surface area contributed by atoms with E-state index in [1.807, 2.05) is 38.1 Å². The number of ether oxygens (including phenoxy) is 1. The van der Waals surface area contributed by atoms with Crippen molar-refractivity contribution >= 4 is 40.1 Å². The SMILES string of the molecule is CC(=O)N(c1ccc(C)c(C)c1)c1nc(/C=C(\C#N)C(=O)OC(C)C)cs1. The van der Waals surface area contributed by atoms with Gasteiger partial charge in [-0.25, -0.2) is 9.78 Å². The molecule has 1 aromatic carbocycles. The van der Waals surface area contributed by atoms with Crippen LogP contribution in [0.2, 0.25) is 0 Å². The Morgan fingerprint density at radius 2 is 2.00 bits per heavy atom. The molecule has 27 heavy (non-hydrogen) atoms. The Balaban J connectivity index is 2.37. The maximum Gasteiger partial charge on any atom is 0.349 e. The molecular formula is C20H21N3O3S. The third kappa shape index (κ3) is 5.02. The lowest BCUT2D eigenvalue weighted by atomic mass is 10.1. The maximum absolute atomic E-state index is 12.2. The summed E-state index contributed by atoms with van der Waals surface area (Å²) in [6.07, 6.45) is 1.04. The molecule has 0 saturated heterocycles. The minimum absolute atomic E-state index is 0.138. The van der Waals surface area contributed by atoms with Gasteiger partial charge >= 0.3 is 5.97 Å². The average molecular weight is 383 g/mol. The zero-order valence-corrected chi connectivity index (χ0v) is 16.8. The highest BCUT2D eigenvalue weighted by Crippen LogP contribution is 2.30. The van der Waals surface area contributed by atoms with Crippen LogP contribution < -0.4 is 4.90 Å².